The number of aromatic hydroxyl groups is 1. The van der Waals surface area contributed by atoms with Crippen LogP contribution in [0.3, 0.4) is 0 Å². The molecule has 0 aromatic heterocycles. The Morgan fingerprint density at radius 2 is 1.76 bits per heavy atom. The number of hydrogen-bond acceptors (Lipinski definition) is 3. The normalized spacial score (nSPS) is 10.6. The quantitative estimate of drug-likeness (QED) is 0.795. The largest absolute Gasteiger partial charge is 0.508 e. The molecule has 2 aromatic carbocycles. The average Bonchev–Trinajstić information content (AvgIpc) is 2.61. The summed E-state index contributed by atoms with van der Waals surface area (Å²) < 4.78 is 0. The van der Waals surface area contributed by atoms with Crippen LogP contribution in [0.4, 0.5) is 0 Å². The molecule has 5 heteroatoms. The first-order chi connectivity index (χ1) is 12.0. The monoisotopic (exact) mass is 338 g/mol. The zero-order valence-corrected chi connectivity index (χ0v) is 14.4. The summed E-state index contributed by atoms with van der Waals surface area (Å²) >= 11 is 0. The Balaban J connectivity index is 1.84. The molecule has 25 heavy (non-hydrogen) atoms. The summed E-state index contributed by atoms with van der Waals surface area (Å²) in [5.41, 5.74) is 2.24. The number of rotatable bonds is 6. The first-order valence-corrected chi connectivity index (χ1v) is 8.02. The molecule has 0 saturated heterocycles. The summed E-state index contributed by atoms with van der Waals surface area (Å²) in [5.74, 6) is -0.0269. The second-order valence-electron chi connectivity index (χ2n) is 5.82. The molecule has 0 unspecified atom stereocenters. The standard InChI is InChI=1S/C20H22N2O3/c1-22(2)20(25)17-10-7-15(8-11-17)9-12-19(24)21-14-13-16-5-3-4-6-18(16)23/h3-12,23H,13-14H2,1-2H3,(H,21,24)/b12-9+. The number of benzene rings is 2. The highest BCUT2D eigenvalue weighted by Gasteiger charge is 2.06. The molecule has 130 valence electrons. The highest BCUT2D eigenvalue weighted by molar-refractivity contribution is 5.94. The van der Waals surface area contributed by atoms with Crippen molar-refractivity contribution in [3.63, 3.8) is 0 Å². The van der Waals surface area contributed by atoms with Gasteiger partial charge in [0, 0.05) is 32.3 Å². The minimum Gasteiger partial charge on any atom is -0.508 e. The van der Waals surface area contributed by atoms with Crippen molar-refractivity contribution in [2.75, 3.05) is 20.6 Å². The molecule has 2 N–H and O–H groups in total. The lowest BCUT2D eigenvalue weighted by atomic mass is 10.1. The number of hydrogen-bond donors (Lipinski definition) is 2. The first-order valence-electron chi connectivity index (χ1n) is 8.02. The van der Waals surface area contributed by atoms with Crippen LogP contribution in [0.25, 0.3) is 6.08 Å². The van der Waals surface area contributed by atoms with Gasteiger partial charge in [-0.2, -0.15) is 0 Å². The van der Waals surface area contributed by atoms with E-state index in [0.717, 1.165) is 11.1 Å². The minimum absolute atomic E-state index is 0.0579. The van der Waals surface area contributed by atoms with E-state index >= 15 is 0 Å². The van der Waals surface area contributed by atoms with Gasteiger partial charge in [-0.05, 0) is 41.8 Å². The van der Waals surface area contributed by atoms with Crippen LogP contribution in [-0.4, -0.2) is 42.5 Å². The van der Waals surface area contributed by atoms with Crippen LogP contribution in [-0.2, 0) is 11.2 Å². The maximum Gasteiger partial charge on any atom is 0.253 e. The van der Waals surface area contributed by atoms with Crippen molar-refractivity contribution in [3.8, 4) is 5.75 Å². The molecular formula is C20H22N2O3. The number of carbonyl (C=O) groups excluding carboxylic acids is 2. The van der Waals surface area contributed by atoms with E-state index in [2.05, 4.69) is 5.32 Å². The van der Waals surface area contributed by atoms with E-state index in [1.54, 1.807) is 56.6 Å². The summed E-state index contributed by atoms with van der Waals surface area (Å²) in [6, 6.07) is 14.1. The maximum atomic E-state index is 11.8. The molecule has 0 atom stereocenters. The predicted octanol–water partition coefficient (Wildman–Crippen LogP) is 2.47. The summed E-state index contributed by atoms with van der Waals surface area (Å²) in [4.78, 5) is 25.2. The van der Waals surface area contributed by atoms with Crippen molar-refractivity contribution < 1.29 is 14.7 Å². The van der Waals surface area contributed by atoms with Crippen molar-refractivity contribution in [1.29, 1.82) is 0 Å². The second kappa shape index (κ2) is 8.68. The SMILES string of the molecule is CN(C)C(=O)c1ccc(/C=C/C(=O)NCCc2ccccc2O)cc1. The summed E-state index contributed by atoms with van der Waals surface area (Å²) in [5, 5.41) is 12.4. The molecule has 2 rings (SSSR count). The minimum atomic E-state index is -0.205. The van der Waals surface area contributed by atoms with Crippen LogP contribution < -0.4 is 5.32 Å². The Labute approximate surface area is 147 Å². The Morgan fingerprint density at radius 3 is 2.40 bits per heavy atom. The van der Waals surface area contributed by atoms with E-state index in [4.69, 9.17) is 0 Å². The maximum absolute atomic E-state index is 11.8. The lowest BCUT2D eigenvalue weighted by Crippen LogP contribution is -2.23. The molecule has 0 aliphatic rings. The highest BCUT2D eigenvalue weighted by Crippen LogP contribution is 2.15. The van der Waals surface area contributed by atoms with Crippen molar-refractivity contribution in [3.05, 3.63) is 71.3 Å². The topological polar surface area (TPSA) is 69.6 Å². The molecule has 0 aliphatic carbocycles. The first kappa shape index (κ1) is 18.3. The van der Waals surface area contributed by atoms with Gasteiger partial charge in [-0.3, -0.25) is 9.59 Å². The Morgan fingerprint density at radius 1 is 1.08 bits per heavy atom. The molecule has 5 nitrogen and oxygen atoms in total. The number of para-hydroxylation sites is 1. The molecule has 0 spiro atoms. The van der Waals surface area contributed by atoms with Crippen molar-refractivity contribution in [2.24, 2.45) is 0 Å². The zero-order valence-electron chi connectivity index (χ0n) is 14.4. The fraction of sp³-hybridized carbons (Fsp3) is 0.200. The summed E-state index contributed by atoms with van der Waals surface area (Å²) in [7, 11) is 3.41. The van der Waals surface area contributed by atoms with Crippen LogP contribution in [0.2, 0.25) is 0 Å². The highest BCUT2D eigenvalue weighted by atomic mass is 16.3. The Bertz CT molecular complexity index is 765. The molecule has 0 heterocycles. The summed E-state index contributed by atoms with van der Waals surface area (Å²) in [6.07, 6.45) is 3.71. The van der Waals surface area contributed by atoms with E-state index in [-0.39, 0.29) is 17.6 Å². The Hall–Kier alpha value is -3.08. The van der Waals surface area contributed by atoms with E-state index in [0.29, 0.717) is 18.5 Å². The van der Waals surface area contributed by atoms with E-state index in [9.17, 15) is 14.7 Å². The number of phenols is 1. The van der Waals surface area contributed by atoms with Crippen LogP contribution in [0.5, 0.6) is 5.75 Å². The van der Waals surface area contributed by atoms with Gasteiger partial charge in [-0.15, -0.1) is 0 Å². The van der Waals surface area contributed by atoms with Crippen molar-refractivity contribution in [1.82, 2.24) is 10.2 Å². The number of nitrogens with zero attached hydrogens (tertiary/aromatic N) is 1. The lowest BCUT2D eigenvalue weighted by Gasteiger charge is -2.09. The van der Waals surface area contributed by atoms with E-state index in [1.807, 2.05) is 12.1 Å². The number of carbonyl (C=O) groups is 2. The molecule has 0 bridgehead atoms. The van der Waals surface area contributed by atoms with Gasteiger partial charge in [0.05, 0.1) is 0 Å². The van der Waals surface area contributed by atoms with Crippen LogP contribution in [0, 0.1) is 0 Å². The van der Waals surface area contributed by atoms with Crippen molar-refractivity contribution in [2.45, 2.75) is 6.42 Å². The molecule has 0 fully saturated rings. The molecule has 0 radical (unpaired) electrons. The predicted molar refractivity (Wildman–Crippen MR) is 98.3 cm³/mol. The fourth-order valence-electron chi connectivity index (χ4n) is 2.27. The second-order valence-corrected chi connectivity index (χ2v) is 5.82. The smallest absolute Gasteiger partial charge is 0.253 e. The van der Waals surface area contributed by atoms with Gasteiger partial charge in [-0.1, -0.05) is 30.3 Å². The van der Waals surface area contributed by atoms with Crippen molar-refractivity contribution >= 4 is 17.9 Å². The fourth-order valence-corrected chi connectivity index (χ4v) is 2.27. The third-order valence-electron chi connectivity index (χ3n) is 3.68. The van der Waals surface area contributed by atoms with Gasteiger partial charge in [0.2, 0.25) is 5.91 Å². The average molecular weight is 338 g/mol. The molecule has 0 aliphatic heterocycles. The van der Waals surface area contributed by atoms with Crippen LogP contribution >= 0.6 is 0 Å². The van der Waals surface area contributed by atoms with Crippen LogP contribution in [0.1, 0.15) is 21.5 Å². The molecule has 2 amide bonds. The van der Waals surface area contributed by atoms with Gasteiger partial charge >= 0.3 is 0 Å². The third-order valence-corrected chi connectivity index (χ3v) is 3.68. The van der Waals surface area contributed by atoms with Gasteiger partial charge in [0.1, 0.15) is 5.75 Å². The van der Waals surface area contributed by atoms with Gasteiger partial charge in [-0.25, -0.2) is 0 Å². The molecule has 0 saturated carbocycles. The Kier molecular flexibility index (Phi) is 6.34. The van der Waals surface area contributed by atoms with Gasteiger partial charge in [0.25, 0.3) is 5.91 Å². The number of amides is 2. The lowest BCUT2D eigenvalue weighted by molar-refractivity contribution is -0.116. The van der Waals surface area contributed by atoms with E-state index < -0.39 is 0 Å². The summed E-state index contributed by atoms with van der Waals surface area (Å²) in [6.45, 7) is 0.441. The third kappa shape index (κ3) is 5.49. The van der Waals surface area contributed by atoms with Crippen LogP contribution in [0.15, 0.2) is 54.6 Å². The van der Waals surface area contributed by atoms with Gasteiger partial charge < -0.3 is 15.3 Å². The molecule has 2 aromatic rings. The van der Waals surface area contributed by atoms with Gasteiger partial charge in [0.15, 0.2) is 0 Å². The number of nitrogens with one attached hydrogen (secondary N) is 1. The molecular weight excluding hydrogens is 316 g/mol. The zero-order chi connectivity index (χ0) is 18.2. The van der Waals surface area contributed by atoms with E-state index in [1.165, 1.54) is 11.0 Å². The number of phenolic OH excluding ortho intramolecular Hbond substituents is 1.